The first-order valence-electron chi connectivity index (χ1n) is 7.05. The minimum atomic E-state index is 0.0534. The van der Waals surface area contributed by atoms with E-state index in [9.17, 15) is 4.79 Å². The van der Waals surface area contributed by atoms with Crippen LogP contribution in [0.1, 0.15) is 42.5 Å². The maximum absolute atomic E-state index is 12.6. The molecule has 2 aliphatic rings. The molecule has 1 atom stereocenters. The summed E-state index contributed by atoms with van der Waals surface area (Å²) in [5.74, 6) is 0.469. The summed E-state index contributed by atoms with van der Waals surface area (Å²) in [5, 5.41) is 0. The van der Waals surface area contributed by atoms with Crippen LogP contribution in [0.5, 0.6) is 0 Å². The summed E-state index contributed by atoms with van der Waals surface area (Å²) in [4.78, 5) is 13.8. The molecule has 3 rings (SSSR count). The summed E-state index contributed by atoms with van der Waals surface area (Å²) in [7, 11) is 0. The van der Waals surface area contributed by atoms with Crippen molar-refractivity contribution in [1.29, 1.82) is 0 Å². The zero-order chi connectivity index (χ0) is 13.3. The lowest BCUT2D eigenvalue weighted by Crippen LogP contribution is -2.47. The molecule has 1 unspecified atom stereocenters. The van der Waals surface area contributed by atoms with E-state index in [-0.39, 0.29) is 11.5 Å². The first-order chi connectivity index (χ1) is 9.22. The van der Waals surface area contributed by atoms with Gasteiger partial charge in [0.25, 0.3) is 0 Å². The Morgan fingerprint density at radius 1 is 1.32 bits per heavy atom. The average molecular weight is 276 g/mol. The van der Waals surface area contributed by atoms with Gasteiger partial charge in [0.15, 0.2) is 5.78 Å². The van der Waals surface area contributed by atoms with Crippen molar-refractivity contribution in [3.8, 4) is 0 Å². The molecule has 0 aromatic heterocycles. The Morgan fingerprint density at radius 2 is 2.05 bits per heavy atom. The first-order valence-corrected chi connectivity index (χ1v) is 8.27. The number of hydrogen-bond donors (Lipinski definition) is 0. The van der Waals surface area contributed by atoms with Gasteiger partial charge in [-0.25, -0.2) is 0 Å². The molecule has 1 spiro atoms. The Morgan fingerprint density at radius 3 is 2.63 bits per heavy atom. The molecule has 2 nitrogen and oxygen atoms in total. The summed E-state index contributed by atoms with van der Waals surface area (Å²) in [5.41, 5.74) is 0.914. The van der Waals surface area contributed by atoms with Crippen LogP contribution in [-0.2, 0) is 4.74 Å². The van der Waals surface area contributed by atoms with Gasteiger partial charge in [-0.3, -0.25) is 4.79 Å². The standard InChI is InChI=1S/C16H20O2S/c1-19-14-5-3-12(4-6-14)15(17)13-7-10-18-16(11-13)8-2-9-16/h3-6,13H,2,7-11H2,1H3. The molecule has 0 amide bonds. The van der Waals surface area contributed by atoms with Gasteiger partial charge < -0.3 is 4.74 Å². The minimum absolute atomic E-state index is 0.0534. The molecule has 102 valence electrons. The van der Waals surface area contributed by atoms with Crippen molar-refractivity contribution in [2.24, 2.45) is 5.92 Å². The SMILES string of the molecule is CSc1ccc(C(=O)C2CCOC3(CCC3)C2)cc1. The number of thioether (sulfide) groups is 1. The molecule has 1 heterocycles. The summed E-state index contributed by atoms with van der Waals surface area (Å²) < 4.78 is 5.90. The molecule has 1 aliphatic carbocycles. The lowest BCUT2D eigenvalue weighted by atomic mass is 9.70. The Balaban J connectivity index is 1.71. The van der Waals surface area contributed by atoms with Crippen molar-refractivity contribution in [1.82, 2.24) is 0 Å². The summed E-state index contributed by atoms with van der Waals surface area (Å²) in [6, 6.07) is 8.01. The lowest BCUT2D eigenvalue weighted by molar-refractivity contribution is -0.137. The van der Waals surface area contributed by atoms with E-state index in [0.717, 1.165) is 37.9 Å². The maximum atomic E-state index is 12.6. The van der Waals surface area contributed by atoms with Crippen molar-refractivity contribution in [2.45, 2.75) is 42.6 Å². The highest BCUT2D eigenvalue weighted by atomic mass is 32.2. The number of benzene rings is 1. The number of Topliss-reactive ketones (excluding diaryl/α,β-unsaturated/α-hetero) is 1. The number of hydrogen-bond acceptors (Lipinski definition) is 3. The van der Waals surface area contributed by atoms with E-state index in [0.29, 0.717) is 5.78 Å². The minimum Gasteiger partial charge on any atom is -0.375 e. The topological polar surface area (TPSA) is 26.3 Å². The molecule has 0 bridgehead atoms. The van der Waals surface area contributed by atoms with Crippen LogP contribution in [0.3, 0.4) is 0 Å². The van der Waals surface area contributed by atoms with Crippen molar-refractivity contribution in [2.75, 3.05) is 12.9 Å². The average Bonchev–Trinajstić information content (AvgIpc) is 2.45. The molecular formula is C16H20O2S. The molecule has 1 saturated heterocycles. The molecule has 0 N–H and O–H groups in total. The van der Waals surface area contributed by atoms with E-state index in [1.54, 1.807) is 11.8 Å². The van der Waals surface area contributed by atoms with Crippen molar-refractivity contribution in [3.63, 3.8) is 0 Å². The fourth-order valence-corrected chi connectivity index (χ4v) is 3.57. The number of ketones is 1. The number of rotatable bonds is 3. The van der Waals surface area contributed by atoms with Crippen molar-refractivity contribution < 1.29 is 9.53 Å². The molecular weight excluding hydrogens is 256 g/mol. The molecule has 1 aromatic carbocycles. The third kappa shape index (κ3) is 2.59. The van der Waals surface area contributed by atoms with E-state index in [1.807, 2.05) is 24.3 Å². The van der Waals surface area contributed by atoms with Crippen LogP contribution in [0.4, 0.5) is 0 Å². The quantitative estimate of drug-likeness (QED) is 0.618. The van der Waals surface area contributed by atoms with Crippen LogP contribution < -0.4 is 0 Å². The van der Waals surface area contributed by atoms with Gasteiger partial charge in [-0.2, -0.15) is 0 Å². The van der Waals surface area contributed by atoms with Crippen LogP contribution in [0.15, 0.2) is 29.2 Å². The highest BCUT2D eigenvalue weighted by molar-refractivity contribution is 7.98. The van der Waals surface area contributed by atoms with Crippen LogP contribution >= 0.6 is 11.8 Å². The largest absolute Gasteiger partial charge is 0.375 e. The Labute approximate surface area is 118 Å². The van der Waals surface area contributed by atoms with Gasteiger partial charge in [0.2, 0.25) is 0 Å². The van der Waals surface area contributed by atoms with E-state index in [4.69, 9.17) is 4.74 Å². The molecule has 1 saturated carbocycles. The van der Waals surface area contributed by atoms with Crippen LogP contribution in [-0.4, -0.2) is 24.2 Å². The van der Waals surface area contributed by atoms with Gasteiger partial charge in [-0.05, 0) is 50.5 Å². The van der Waals surface area contributed by atoms with E-state index in [2.05, 4.69) is 6.26 Å². The number of carbonyl (C=O) groups is 1. The van der Waals surface area contributed by atoms with Gasteiger partial charge in [0.1, 0.15) is 0 Å². The van der Waals surface area contributed by atoms with E-state index >= 15 is 0 Å². The van der Waals surface area contributed by atoms with Crippen LogP contribution in [0.25, 0.3) is 0 Å². The molecule has 19 heavy (non-hydrogen) atoms. The molecule has 0 radical (unpaired) electrons. The Kier molecular flexibility index (Phi) is 3.68. The molecule has 1 aromatic rings. The smallest absolute Gasteiger partial charge is 0.166 e. The van der Waals surface area contributed by atoms with Gasteiger partial charge >= 0.3 is 0 Å². The third-order valence-electron chi connectivity index (χ3n) is 4.50. The summed E-state index contributed by atoms with van der Waals surface area (Å²) in [6.07, 6.45) is 7.39. The van der Waals surface area contributed by atoms with Gasteiger partial charge in [0.05, 0.1) is 5.60 Å². The highest BCUT2D eigenvalue weighted by Crippen LogP contribution is 2.44. The fraction of sp³-hybridized carbons (Fsp3) is 0.562. The molecule has 1 aliphatic heterocycles. The molecule has 2 fully saturated rings. The normalized spacial score (nSPS) is 25.0. The second-order valence-electron chi connectivity index (χ2n) is 5.67. The predicted octanol–water partition coefficient (Wildman–Crippen LogP) is 3.94. The van der Waals surface area contributed by atoms with Crippen LogP contribution in [0.2, 0.25) is 0 Å². The number of carbonyl (C=O) groups excluding carboxylic acids is 1. The zero-order valence-electron chi connectivity index (χ0n) is 11.4. The highest BCUT2D eigenvalue weighted by Gasteiger charge is 2.44. The van der Waals surface area contributed by atoms with E-state index in [1.165, 1.54) is 11.3 Å². The van der Waals surface area contributed by atoms with Crippen molar-refractivity contribution >= 4 is 17.5 Å². The third-order valence-corrected chi connectivity index (χ3v) is 5.25. The van der Waals surface area contributed by atoms with Gasteiger partial charge in [-0.1, -0.05) is 12.1 Å². The monoisotopic (exact) mass is 276 g/mol. The first kappa shape index (κ1) is 13.2. The summed E-state index contributed by atoms with van der Waals surface area (Å²) in [6.45, 7) is 0.749. The number of ether oxygens (including phenoxy) is 1. The van der Waals surface area contributed by atoms with Gasteiger partial charge in [0, 0.05) is 23.0 Å². The Hall–Kier alpha value is -0.800. The molecule has 3 heteroatoms. The maximum Gasteiger partial charge on any atom is 0.166 e. The second kappa shape index (κ2) is 5.29. The lowest BCUT2D eigenvalue weighted by Gasteiger charge is -2.46. The van der Waals surface area contributed by atoms with E-state index < -0.39 is 0 Å². The van der Waals surface area contributed by atoms with Crippen LogP contribution in [0, 0.1) is 5.92 Å². The van der Waals surface area contributed by atoms with Crippen molar-refractivity contribution in [3.05, 3.63) is 29.8 Å². The summed E-state index contributed by atoms with van der Waals surface area (Å²) >= 11 is 1.71. The Bertz CT molecular complexity index is 462. The van der Waals surface area contributed by atoms with Gasteiger partial charge in [-0.15, -0.1) is 11.8 Å². The fourth-order valence-electron chi connectivity index (χ4n) is 3.16. The zero-order valence-corrected chi connectivity index (χ0v) is 12.2. The second-order valence-corrected chi connectivity index (χ2v) is 6.55. The predicted molar refractivity (Wildman–Crippen MR) is 77.8 cm³/mol.